The predicted molar refractivity (Wildman–Crippen MR) is 103 cm³/mol. The van der Waals surface area contributed by atoms with Crippen LogP contribution in [-0.4, -0.2) is 22.4 Å². The van der Waals surface area contributed by atoms with Crippen LogP contribution in [0, 0.1) is 16.0 Å². The number of para-hydroxylation sites is 4. The van der Waals surface area contributed by atoms with Crippen molar-refractivity contribution < 1.29 is 18.9 Å². The highest BCUT2D eigenvalue weighted by Crippen LogP contribution is 2.27. The van der Waals surface area contributed by atoms with Crippen LogP contribution in [0.1, 0.15) is 32.2 Å². The highest BCUT2D eigenvalue weighted by Gasteiger charge is 2.22. The number of fused-ring (bicyclic) bond motifs is 1. The average molecular weight is 383 g/mol. The highest BCUT2D eigenvalue weighted by molar-refractivity contribution is 5.78. The van der Waals surface area contributed by atoms with Crippen LogP contribution in [0.15, 0.2) is 52.9 Å². The normalized spacial score (nSPS) is 12.1. The van der Waals surface area contributed by atoms with Gasteiger partial charge in [-0.1, -0.05) is 38.1 Å². The van der Waals surface area contributed by atoms with Gasteiger partial charge in [-0.05, 0) is 30.5 Å². The average Bonchev–Trinajstić information content (AvgIpc) is 3.10. The molecule has 3 aromatic rings. The van der Waals surface area contributed by atoms with Gasteiger partial charge in [0.1, 0.15) is 11.6 Å². The number of nitrogens with one attached hydrogen (secondary N) is 1. The molecular weight excluding hydrogens is 362 g/mol. The van der Waals surface area contributed by atoms with Crippen LogP contribution in [0.3, 0.4) is 0 Å². The number of carbonyl (C=O) groups is 1. The van der Waals surface area contributed by atoms with Crippen LogP contribution in [0.25, 0.3) is 11.1 Å². The van der Waals surface area contributed by atoms with Gasteiger partial charge in [-0.3, -0.25) is 14.9 Å². The van der Waals surface area contributed by atoms with Crippen LogP contribution >= 0.6 is 0 Å². The van der Waals surface area contributed by atoms with E-state index in [1.54, 1.807) is 6.07 Å². The quantitative estimate of drug-likeness (QED) is 0.465. The standard InChI is InChI=1S/C20H21N3O5/c1-13(2)11-15(20-22-14-7-3-5-9-17(14)28-20)21-19(24)12-27-18-10-6-4-8-16(18)23(25)26/h3-10,13,15H,11-12H2,1-2H3,(H,21,24)/t15-/m0/s1. The van der Waals surface area contributed by atoms with E-state index < -0.39 is 16.9 Å². The molecule has 1 N–H and O–H groups in total. The molecular formula is C20H21N3O5. The lowest BCUT2D eigenvalue weighted by molar-refractivity contribution is -0.385. The summed E-state index contributed by atoms with van der Waals surface area (Å²) < 4.78 is 11.1. The fraction of sp³-hybridized carbons (Fsp3) is 0.300. The maximum absolute atomic E-state index is 12.4. The lowest BCUT2D eigenvalue weighted by Crippen LogP contribution is -2.33. The zero-order chi connectivity index (χ0) is 20.1. The van der Waals surface area contributed by atoms with Gasteiger partial charge in [0.25, 0.3) is 5.91 Å². The van der Waals surface area contributed by atoms with Crippen molar-refractivity contribution in [2.24, 2.45) is 5.92 Å². The molecule has 0 radical (unpaired) electrons. The largest absolute Gasteiger partial charge is 0.477 e. The highest BCUT2D eigenvalue weighted by atomic mass is 16.6. The van der Waals surface area contributed by atoms with Gasteiger partial charge in [-0.2, -0.15) is 0 Å². The first-order valence-electron chi connectivity index (χ1n) is 8.95. The van der Waals surface area contributed by atoms with Crippen molar-refractivity contribution in [3.05, 3.63) is 64.5 Å². The van der Waals surface area contributed by atoms with Crippen LogP contribution in [0.2, 0.25) is 0 Å². The molecule has 1 atom stereocenters. The molecule has 28 heavy (non-hydrogen) atoms. The van der Waals surface area contributed by atoms with Gasteiger partial charge >= 0.3 is 5.69 Å². The molecule has 146 valence electrons. The van der Waals surface area contributed by atoms with Gasteiger partial charge in [0.15, 0.2) is 17.9 Å². The summed E-state index contributed by atoms with van der Waals surface area (Å²) in [4.78, 5) is 27.4. The van der Waals surface area contributed by atoms with E-state index in [0.29, 0.717) is 17.9 Å². The lowest BCUT2D eigenvalue weighted by Gasteiger charge is -2.17. The number of hydrogen-bond donors (Lipinski definition) is 1. The zero-order valence-electron chi connectivity index (χ0n) is 15.6. The summed E-state index contributed by atoms with van der Waals surface area (Å²) in [5.41, 5.74) is 1.18. The van der Waals surface area contributed by atoms with Crippen molar-refractivity contribution in [2.75, 3.05) is 6.61 Å². The van der Waals surface area contributed by atoms with Crippen molar-refractivity contribution in [3.8, 4) is 5.75 Å². The molecule has 1 aromatic heterocycles. The Morgan fingerprint density at radius 3 is 2.64 bits per heavy atom. The Kier molecular flexibility index (Phi) is 5.88. The number of benzene rings is 2. The van der Waals surface area contributed by atoms with E-state index in [9.17, 15) is 14.9 Å². The number of nitro groups is 1. The number of hydrogen-bond acceptors (Lipinski definition) is 6. The Balaban J connectivity index is 1.70. The number of nitrogens with zero attached hydrogens (tertiary/aromatic N) is 2. The maximum Gasteiger partial charge on any atom is 0.310 e. The van der Waals surface area contributed by atoms with Gasteiger partial charge in [-0.25, -0.2) is 4.98 Å². The fourth-order valence-corrected chi connectivity index (χ4v) is 2.84. The summed E-state index contributed by atoms with van der Waals surface area (Å²) in [5.74, 6) is 0.348. The molecule has 0 saturated heterocycles. The number of carbonyl (C=O) groups excluding carboxylic acids is 1. The summed E-state index contributed by atoms with van der Waals surface area (Å²) in [6.07, 6.45) is 0.629. The Morgan fingerprint density at radius 1 is 1.21 bits per heavy atom. The topological polar surface area (TPSA) is 108 Å². The van der Waals surface area contributed by atoms with Crippen molar-refractivity contribution in [2.45, 2.75) is 26.3 Å². The fourth-order valence-electron chi connectivity index (χ4n) is 2.84. The van der Waals surface area contributed by atoms with Crippen LogP contribution in [0.5, 0.6) is 5.75 Å². The lowest BCUT2D eigenvalue weighted by atomic mass is 10.0. The molecule has 1 heterocycles. The van der Waals surface area contributed by atoms with E-state index in [0.717, 1.165) is 5.52 Å². The summed E-state index contributed by atoms with van der Waals surface area (Å²) in [6, 6.07) is 12.9. The maximum atomic E-state index is 12.4. The van der Waals surface area contributed by atoms with Crippen LogP contribution in [-0.2, 0) is 4.79 Å². The SMILES string of the molecule is CC(C)C[C@H](NC(=O)COc1ccccc1[N+](=O)[O-])c1nc2ccccc2o1. The molecule has 0 bridgehead atoms. The summed E-state index contributed by atoms with van der Waals surface area (Å²) >= 11 is 0. The van der Waals surface area contributed by atoms with Crippen LogP contribution < -0.4 is 10.1 Å². The van der Waals surface area contributed by atoms with E-state index >= 15 is 0 Å². The molecule has 0 aliphatic carbocycles. The molecule has 0 saturated carbocycles. The molecule has 8 heteroatoms. The minimum absolute atomic E-state index is 0.0462. The van der Waals surface area contributed by atoms with E-state index in [1.807, 2.05) is 38.1 Å². The Bertz CT molecular complexity index is 950. The summed E-state index contributed by atoms with van der Waals surface area (Å²) in [6.45, 7) is 3.72. The third-order valence-corrected chi connectivity index (χ3v) is 4.07. The van der Waals surface area contributed by atoms with Gasteiger partial charge < -0.3 is 14.5 Å². The van der Waals surface area contributed by atoms with Crippen LogP contribution in [0.4, 0.5) is 5.69 Å². The third-order valence-electron chi connectivity index (χ3n) is 4.07. The number of ether oxygens (including phenoxy) is 1. The van der Waals surface area contributed by atoms with Crippen molar-refractivity contribution >= 4 is 22.7 Å². The minimum atomic E-state index is -0.548. The molecule has 2 aromatic carbocycles. The van der Waals surface area contributed by atoms with E-state index in [4.69, 9.17) is 9.15 Å². The van der Waals surface area contributed by atoms with E-state index in [-0.39, 0.29) is 24.0 Å². The molecule has 8 nitrogen and oxygen atoms in total. The molecule has 0 unspecified atom stereocenters. The second kappa shape index (κ2) is 8.51. The van der Waals surface area contributed by atoms with Crippen molar-refractivity contribution in [1.29, 1.82) is 0 Å². The summed E-state index contributed by atoms with van der Waals surface area (Å²) in [7, 11) is 0. The minimum Gasteiger partial charge on any atom is -0.477 e. The number of nitro benzene ring substituents is 1. The number of rotatable bonds is 8. The number of amides is 1. The van der Waals surface area contributed by atoms with Gasteiger partial charge in [0.2, 0.25) is 5.89 Å². The Labute approximate surface area is 161 Å². The van der Waals surface area contributed by atoms with E-state index in [2.05, 4.69) is 10.3 Å². The molecule has 0 aliphatic rings. The van der Waals surface area contributed by atoms with Gasteiger partial charge in [-0.15, -0.1) is 0 Å². The third kappa shape index (κ3) is 4.64. The first-order valence-corrected chi connectivity index (χ1v) is 8.95. The molecule has 0 fully saturated rings. The first kappa shape index (κ1) is 19.3. The zero-order valence-corrected chi connectivity index (χ0v) is 15.6. The monoisotopic (exact) mass is 383 g/mol. The Morgan fingerprint density at radius 2 is 1.93 bits per heavy atom. The van der Waals surface area contributed by atoms with Gasteiger partial charge in [0.05, 0.1) is 4.92 Å². The molecule has 1 amide bonds. The first-order chi connectivity index (χ1) is 13.4. The van der Waals surface area contributed by atoms with Crippen molar-refractivity contribution in [1.82, 2.24) is 10.3 Å². The second-order valence-electron chi connectivity index (χ2n) is 6.78. The summed E-state index contributed by atoms with van der Waals surface area (Å²) in [5, 5.41) is 13.9. The second-order valence-corrected chi connectivity index (χ2v) is 6.78. The predicted octanol–water partition coefficient (Wildman–Crippen LogP) is 4.02. The van der Waals surface area contributed by atoms with Crippen molar-refractivity contribution in [3.63, 3.8) is 0 Å². The van der Waals surface area contributed by atoms with Gasteiger partial charge in [0, 0.05) is 6.07 Å². The molecule has 3 rings (SSSR count). The molecule has 0 spiro atoms. The number of aromatic nitrogens is 1. The van der Waals surface area contributed by atoms with E-state index in [1.165, 1.54) is 18.2 Å². The number of oxazole rings is 1. The Hall–Kier alpha value is -3.42. The smallest absolute Gasteiger partial charge is 0.310 e. The molecule has 0 aliphatic heterocycles.